The van der Waals surface area contributed by atoms with E-state index in [1.54, 1.807) is 0 Å². The second-order valence-corrected chi connectivity index (χ2v) is 4.50. The Kier molecular flexibility index (Phi) is 2.93. The van der Waals surface area contributed by atoms with Crippen molar-refractivity contribution in [2.75, 3.05) is 0 Å². The molecule has 78 valence electrons. The topological polar surface area (TPSA) is 0 Å². The molecule has 0 amide bonds. The van der Waals surface area contributed by atoms with E-state index in [-0.39, 0.29) is 5.41 Å². The summed E-state index contributed by atoms with van der Waals surface area (Å²) in [6.45, 7) is 3.96. The van der Waals surface area contributed by atoms with Crippen molar-refractivity contribution in [3.63, 3.8) is 0 Å². The summed E-state index contributed by atoms with van der Waals surface area (Å²) < 4.78 is 37.3. The van der Waals surface area contributed by atoms with E-state index in [0.717, 1.165) is 19.3 Å². The van der Waals surface area contributed by atoms with Crippen molar-refractivity contribution in [3.8, 4) is 0 Å². The zero-order valence-corrected chi connectivity index (χ0v) is 8.25. The fourth-order valence-corrected chi connectivity index (χ4v) is 2.17. The highest BCUT2D eigenvalue weighted by molar-refractivity contribution is 4.84. The van der Waals surface area contributed by atoms with Gasteiger partial charge in [0.1, 0.15) is 0 Å². The summed E-state index contributed by atoms with van der Waals surface area (Å²) in [5, 5.41) is 0. The smallest absolute Gasteiger partial charge is 0.171 e. The molecule has 2 unspecified atom stereocenters. The molecule has 13 heavy (non-hydrogen) atoms. The highest BCUT2D eigenvalue weighted by atomic mass is 19.4. The Morgan fingerprint density at radius 3 is 2.46 bits per heavy atom. The van der Waals surface area contributed by atoms with Gasteiger partial charge in [-0.2, -0.15) is 13.2 Å². The summed E-state index contributed by atoms with van der Waals surface area (Å²) in [6, 6.07) is 0. The third kappa shape index (κ3) is 2.61. The van der Waals surface area contributed by atoms with Crippen molar-refractivity contribution < 1.29 is 13.2 Å². The van der Waals surface area contributed by atoms with Gasteiger partial charge >= 0.3 is 6.18 Å². The zero-order valence-electron chi connectivity index (χ0n) is 8.25. The quantitative estimate of drug-likeness (QED) is 0.588. The largest absolute Gasteiger partial charge is 0.391 e. The molecule has 0 saturated heterocycles. The minimum absolute atomic E-state index is 0.0710. The second-order valence-electron chi connectivity index (χ2n) is 4.50. The molecule has 0 aromatic carbocycles. The Labute approximate surface area is 77.5 Å². The molecule has 1 aliphatic carbocycles. The highest BCUT2D eigenvalue weighted by Gasteiger charge is 2.45. The van der Waals surface area contributed by atoms with Crippen LogP contribution >= 0.6 is 0 Å². The maximum atomic E-state index is 12.4. The normalized spacial score (nSPS) is 36.2. The van der Waals surface area contributed by atoms with Crippen LogP contribution < -0.4 is 0 Å². The molecule has 1 saturated carbocycles. The van der Waals surface area contributed by atoms with Crippen molar-refractivity contribution in [3.05, 3.63) is 0 Å². The van der Waals surface area contributed by atoms with Gasteiger partial charge in [0.25, 0.3) is 0 Å². The summed E-state index contributed by atoms with van der Waals surface area (Å²) in [4.78, 5) is 0. The van der Waals surface area contributed by atoms with E-state index in [1.807, 2.05) is 13.8 Å². The Balaban J connectivity index is 2.62. The second kappa shape index (κ2) is 3.50. The van der Waals surface area contributed by atoms with Crippen LogP contribution in [-0.4, -0.2) is 6.18 Å². The average molecular weight is 194 g/mol. The summed E-state index contributed by atoms with van der Waals surface area (Å²) in [5.41, 5.74) is -0.0710. The lowest BCUT2D eigenvalue weighted by Crippen LogP contribution is -2.33. The Hall–Kier alpha value is -0.210. The van der Waals surface area contributed by atoms with Crippen molar-refractivity contribution in [2.45, 2.75) is 52.1 Å². The molecule has 0 nitrogen and oxygen atoms in total. The van der Waals surface area contributed by atoms with E-state index < -0.39 is 12.1 Å². The van der Waals surface area contributed by atoms with Gasteiger partial charge in [0.05, 0.1) is 5.92 Å². The highest BCUT2D eigenvalue weighted by Crippen LogP contribution is 2.47. The molecule has 0 spiro atoms. The predicted octanol–water partition coefficient (Wildman–Crippen LogP) is 4.16. The van der Waals surface area contributed by atoms with Crippen molar-refractivity contribution in [1.29, 1.82) is 0 Å². The summed E-state index contributed by atoms with van der Waals surface area (Å²) in [6.07, 6.45) is -0.771. The van der Waals surface area contributed by atoms with E-state index >= 15 is 0 Å². The van der Waals surface area contributed by atoms with Gasteiger partial charge in [-0.1, -0.05) is 26.7 Å². The van der Waals surface area contributed by atoms with Crippen molar-refractivity contribution in [2.24, 2.45) is 11.3 Å². The van der Waals surface area contributed by atoms with Crippen LogP contribution in [0.3, 0.4) is 0 Å². The molecule has 0 aromatic rings. The van der Waals surface area contributed by atoms with Gasteiger partial charge in [-0.25, -0.2) is 0 Å². The molecular weight excluding hydrogens is 177 g/mol. The summed E-state index contributed by atoms with van der Waals surface area (Å²) >= 11 is 0. The van der Waals surface area contributed by atoms with E-state index in [0.29, 0.717) is 12.8 Å². The maximum absolute atomic E-state index is 12.4. The fraction of sp³-hybridized carbons (Fsp3) is 1.00. The molecule has 0 aromatic heterocycles. The Morgan fingerprint density at radius 1 is 1.38 bits per heavy atom. The van der Waals surface area contributed by atoms with Crippen molar-refractivity contribution >= 4 is 0 Å². The van der Waals surface area contributed by atoms with Crippen molar-refractivity contribution in [1.82, 2.24) is 0 Å². The third-order valence-electron chi connectivity index (χ3n) is 3.39. The number of hydrogen-bond acceptors (Lipinski definition) is 0. The molecule has 0 aliphatic heterocycles. The lowest BCUT2D eigenvalue weighted by molar-refractivity contribution is -0.191. The monoisotopic (exact) mass is 194 g/mol. The molecule has 0 radical (unpaired) electrons. The molecule has 0 heterocycles. The molecule has 1 aliphatic rings. The number of hydrogen-bond donors (Lipinski definition) is 0. The Bertz CT molecular complexity index is 173. The molecule has 0 N–H and O–H groups in total. The van der Waals surface area contributed by atoms with Gasteiger partial charge in [0.15, 0.2) is 0 Å². The van der Waals surface area contributed by atoms with Crippen LogP contribution in [0.25, 0.3) is 0 Å². The molecular formula is C10H17F3. The molecule has 1 fully saturated rings. The minimum atomic E-state index is -3.98. The predicted molar refractivity (Wildman–Crippen MR) is 46.4 cm³/mol. The fourth-order valence-electron chi connectivity index (χ4n) is 2.17. The first-order valence-corrected chi connectivity index (χ1v) is 4.94. The summed E-state index contributed by atoms with van der Waals surface area (Å²) in [7, 11) is 0. The first-order chi connectivity index (χ1) is 5.87. The van der Waals surface area contributed by atoms with Gasteiger partial charge < -0.3 is 0 Å². The maximum Gasteiger partial charge on any atom is 0.391 e. The molecule has 1 rings (SSSR count). The third-order valence-corrected chi connectivity index (χ3v) is 3.39. The van der Waals surface area contributed by atoms with Crippen LogP contribution in [0.4, 0.5) is 13.2 Å². The summed E-state index contributed by atoms with van der Waals surface area (Å²) in [5.74, 6) is -1.05. The van der Waals surface area contributed by atoms with E-state index in [4.69, 9.17) is 0 Å². The number of halogens is 3. The lowest BCUT2D eigenvalue weighted by Gasteiger charge is -2.38. The first-order valence-electron chi connectivity index (χ1n) is 4.94. The van der Waals surface area contributed by atoms with E-state index in [1.165, 1.54) is 0 Å². The lowest BCUT2D eigenvalue weighted by atomic mass is 9.69. The van der Waals surface area contributed by atoms with Gasteiger partial charge in [0.2, 0.25) is 0 Å². The van der Waals surface area contributed by atoms with E-state index in [9.17, 15) is 13.2 Å². The zero-order chi connectivity index (χ0) is 10.1. The van der Waals surface area contributed by atoms with Crippen LogP contribution in [0, 0.1) is 11.3 Å². The molecule has 3 heteroatoms. The van der Waals surface area contributed by atoms with Crippen LogP contribution in [0.15, 0.2) is 0 Å². The van der Waals surface area contributed by atoms with Gasteiger partial charge in [-0.3, -0.25) is 0 Å². The van der Waals surface area contributed by atoms with E-state index in [2.05, 4.69) is 0 Å². The number of alkyl halides is 3. The van der Waals surface area contributed by atoms with Crippen LogP contribution in [0.1, 0.15) is 46.0 Å². The van der Waals surface area contributed by atoms with Crippen LogP contribution in [-0.2, 0) is 0 Å². The SMILES string of the molecule is CCC1(C)CCCC(C(F)(F)F)C1. The number of rotatable bonds is 1. The average Bonchev–Trinajstić information content (AvgIpc) is 2.03. The van der Waals surface area contributed by atoms with Crippen LogP contribution in [0.5, 0.6) is 0 Å². The van der Waals surface area contributed by atoms with Gasteiger partial charge in [-0.15, -0.1) is 0 Å². The standard InChI is InChI=1S/C10H17F3/c1-3-9(2)6-4-5-8(7-9)10(11,12)13/h8H,3-7H2,1-2H3. The molecule has 0 bridgehead atoms. The molecule has 2 atom stereocenters. The van der Waals surface area contributed by atoms with Crippen LogP contribution in [0.2, 0.25) is 0 Å². The van der Waals surface area contributed by atoms with Gasteiger partial charge in [-0.05, 0) is 24.7 Å². The first kappa shape index (κ1) is 10.9. The van der Waals surface area contributed by atoms with Gasteiger partial charge in [0, 0.05) is 0 Å². The minimum Gasteiger partial charge on any atom is -0.171 e. The Morgan fingerprint density at radius 2 is 2.00 bits per heavy atom.